The Balaban J connectivity index is 2.06. The van der Waals surface area contributed by atoms with Crippen molar-refractivity contribution in [2.75, 3.05) is 19.7 Å². The van der Waals surface area contributed by atoms with E-state index in [0.717, 1.165) is 31.7 Å². The third kappa shape index (κ3) is 3.62. The molecule has 1 heterocycles. The minimum atomic E-state index is 0.258. The highest BCUT2D eigenvalue weighted by Crippen LogP contribution is 2.29. The number of benzene rings is 1. The van der Waals surface area contributed by atoms with Gasteiger partial charge in [-0.25, -0.2) is 0 Å². The van der Waals surface area contributed by atoms with Crippen LogP contribution in [0.25, 0.3) is 0 Å². The van der Waals surface area contributed by atoms with Crippen LogP contribution in [0.2, 0.25) is 0 Å². The predicted molar refractivity (Wildman–Crippen MR) is 81.0 cm³/mol. The number of piperidine rings is 1. The molecule has 1 unspecified atom stereocenters. The van der Waals surface area contributed by atoms with Gasteiger partial charge in [0.05, 0.1) is 0 Å². The molecular weight excluding hydrogens is 250 g/mol. The molecular formula is C17H23NO2. The first kappa shape index (κ1) is 14.6. The number of likely N-dealkylation sites (tertiary alicyclic amines) is 1. The largest absolute Gasteiger partial charge is 0.490 e. The molecule has 3 heteroatoms. The molecule has 0 bridgehead atoms. The van der Waals surface area contributed by atoms with E-state index < -0.39 is 0 Å². The molecule has 1 fully saturated rings. The van der Waals surface area contributed by atoms with Crippen LogP contribution in [0.5, 0.6) is 5.75 Å². The molecule has 1 amide bonds. The number of hydrogen-bond donors (Lipinski definition) is 0. The van der Waals surface area contributed by atoms with Crippen molar-refractivity contribution >= 4 is 5.91 Å². The highest BCUT2D eigenvalue weighted by Gasteiger charge is 2.23. The fourth-order valence-electron chi connectivity index (χ4n) is 2.71. The second kappa shape index (κ2) is 7.13. The molecule has 1 saturated heterocycles. The number of hydrogen-bond acceptors (Lipinski definition) is 2. The summed E-state index contributed by atoms with van der Waals surface area (Å²) < 4.78 is 5.58. The van der Waals surface area contributed by atoms with Crippen LogP contribution >= 0.6 is 0 Å². The van der Waals surface area contributed by atoms with Crippen molar-refractivity contribution in [3.05, 3.63) is 42.5 Å². The van der Waals surface area contributed by atoms with E-state index >= 15 is 0 Å². The quantitative estimate of drug-likeness (QED) is 0.770. The first-order chi connectivity index (χ1) is 9.74. The first-order valence-electron chi connectivity index (χ1n) is 7.36. The minimum absolute atomic E-state index is 0.258. The maximum atomic E-state index is 11.8. The number of amides is 1. The lowest BCUT2D eigenvalue weighted by Crippen LogP contribution is -2.38. The highest BCUT2D eigenvalue weighted by atomic mass is 16.5. The van der Waals surface area contributed by atoms with Crippen LogP contribution in [0.15, 0.2) is 36.9 Å². The maximum Gasteiger partial charge on any atom is 0.222 e. The van der Waals surface area contributed by atoms with Crippen molar-refractivity contribution in [3.8, 4) is 5.75 Å². The molecule has 1 atom stereocenters. The topological polar surface area (TPSA) is 29.5 Å². The van der Waals surface area contributed by atoms with Crippen molar-refractivity contribution in [1.29, 1.82) is 0 Å². The first-order valence-corrected chi connectivity index (χ1v) is 7.36. The number of nitrogens with zero attached hydrogens (tertiary/aromatic N) is 1. The van der Waals surface area contributed by atoms with Gasteiger partial charge in [0.15, 0.2) is 0 Å². The number of carbonyl (C=O) groups excluding carboxylic acids is 1. The molecule has 20 heavy (non-hydrogen) atoms. The fourth-order valence-corrected chi connectivity index (χ4v) is 2.71. The van der Waals surface area contributed by atoms with E-state index in [9.17, 15) is 4.79 Å². The van der Waals surface area contributed by atoms with Gasteiger partial charge in [-0.1, -0.05) is 31.7 Å². The normalized spacial score (nSPS) is 18.6. The van der Waals surface area contributed by atoms with E-state index in [-0.39, 0.29) is 5.91 Å². The van der Waals surface area contributed by atoms with Gasteiger partial charge < -0.3 is 9.64 Å². The van der Waals surface area contributed by atoms with Crippen LogP contribution in [0.4, 0.5) is 0 Å². The van der Waals surface area contributed by atoms with Crippen molar-refractivity contribution in [2.45, 2.75) is 32.1 Å². The van der Waals surface area contributed by atoms with Crippen LogP contribution in [-0.4, -0.2) is 30.5 Å². The molecule has 0 N–H and O–H groups in total. The van der Waals surface area contributed by atoms with Gasteiger partial charge in [0.25, 0.3) is 0 Å². The third-order valence-corrected chi connectivity index (χ3v) is 3.77. The van der Waals surface area contributed by atoms with Gasteiger partial charge in [0, 0.05) is 25.4 Å². The van der Waals surface area contributed by atoms with Crippen LogP contribution in [0.1, 0.15) is 37.7 Å². The Labute approximate surface area is 121 Å². The molecule has 1 aliphatic heterocycles. The summed E-state index contributed by atoms with van der Waals surface area (Å²) in [6.07, 6.45) is 4.55. The molecule has 0 saturated carbocycles. The van der Waals surface area contributed by atoms with Gasteiger partial charge in [0.1, 0.15) is 12.4 Å². The van der Waals surface area contributed by atoms with Gasteiger partial charge in [-0.3, -0.25) is 4.79 Å². The van der Waals surface area contributed by atoms with E-state index in [2.05, 4.69) is 18.7 Å². The summed E-state index contributed by atoms with van der Waals surface area (Å²) in [5.74, 6) is 1.56. The van der Waals surface area contributed by atoms with Crippen molar-refractivity contribution in [3.63, 3.8) is 0 Å². The zero-order chi connectivity index (χ0) is 14.4. The van der Waals surface area contributed by atoms with Crippen LogP contribution in [-0.2, 0) is 4.79 Å². The molecule has 108 valence electrons. The summed E-state index contributed by atoms with van der Waals surface area (Å²) in [7, 11) is 0. The fraction of sp³-hybridized carbons (Fsp3) is 0.471. The van der Waals surface area contributed by atoms with Crippen LogP contribution in [0.3, 0.4) is 0 Å². The summed E-state index contributed by atoms with van der Waals surface area (Å²) in [6, 6.07) is 8.21. The summed E-state index contributed by atoms with van der Waals surface area (Å²) in [6.45, 7) is 7.84. The Kier molecular flexibility index (Phi) is 5.22. The molecule has 1 aromatic carbocycles. The summed E-state index contributed by atoms with van der Waals surface area (Å²) in [4.78, 5) is 13.8. The van der Waals surface area contributed by atoms with Gasteiger partial charge in [-0.15, -0.1) is 0 Å². The van der Waals surface area contributed by atoms with Gasteiger partial charge in [-0.2, -0.15) is 0 Å². The average Bonchev–Trinajstić information content (AvgIpc) is 2.52. The molecule has 0 aliphatic carbocycles. The Morgan fingerprint density at radius 1 is 1.55 bits per heavy atom. The van der Waals surface area contributed by atoms with Crippen molar-refractivity contribution in [1.82, 2.24) is 4.90 Å². The van der Waals surface area contributed by atoms with Gasteiger partial charge >= 0.3 is 0 Å². The SMILES string of the molecule is C=CCOc1cccc(C2CCCN(C(=O)CC)C2)c1. The molecule has 0 spiro atoms. The Morgan fingerprint density at radius 2 is 2.40 bits per heavy atom. The highest BCUT2D eigenvalue weighted by molar-refractivity contribution is 5.76. The summed E-state index contributed by atoms with van der Waals surface area (Å²) in [5, 5.41) is 0. The van der Waals surface area contributed by atoms with Gasteiger partial charge in [0.2, 0.25) is 5.91 Å². The number of rotatable bonds is 5. The second-order valence-electron chi connectivity index (χ2n) is 5.20. The van der Waals surface area contributed by atoms with Crippen LogP contribution in [0, 0.1) is 0 Å². The lowest BCUT2D eigenvalue weighted by atomic mass is 9.90. The van der Waals surface area contributed by atoms with Crippen LogP contribution < -0.4 is 4.74 Å². The standard InChI is InChI=1S/C17H23NO2/c1-3-11-20-16-9-5-7-14(12-16)15-8-6-10-18(13-15)17(19)4-2/h3,5,7,9,12,15H,1,4,6,8,10-11,13H2,2H3. The molecule has 1 aliphatic rings. The average molecular weight is 273 g/mol. The Hall–Kier alpha value is -1.77. The molecule has 1 aromatic rings. The van der Waals surface area contributed by atoms with E-state index in [0.29, 0.717) is 18.9 Å². The van der Waals surface area contributed by atoms with Crippen molar-refractivity contribution < 1.29 is 9.53 Å². The molecule has 0 aromatic heterocycles. The summed E-state index contributed by atoms with van der Waals surface area (Å²) in [5.41, 5.74) is 1.26. The predicted octanol–water partition coefficient (Wildman–Crippen LogP) is 3.37. The van der Waals surface area contributed by atoms with E-state index in [1.54, 1.807) is 6.08 Å². The van der Waals surface area contributed by atoms with Gasteiger partial charge in [-0.05, 0) is 30.5 Å². The third-order valence-electron chi connectivity index (χ3n) is 3.77. The lowest BCUT2D eigenvalue weighted by molar-refractivity contribution is -0.132. The maximum absolute atomic E-state index is 11.8. The van der Waals surface area contributed by atoms with Crippen molar-refractivity contribution in [2.24, 2.45) is 0 Å². The smallest absolute Gasteiger partial charge is 0.222 e. The Bertz CT molecular complexity index is 470. The molecule has 0 radical (unpaired) electrons. The Morgan fingerprint density at radius 3 is 3.15 bits per heavy atom. The second-order valence-corrected chi connectivity index (χ2v) is 5.20. The zero-order valence-corrected chi connectivity index (χ0v) is 12.2. The molecule has 3 nitrogen and oxygen atoms in total. The zero-order valence-electron chi connectivity index (χ0n) is 12.2. The molecule has 2 rings (SSSR count). The number of ether oxygens (including phenoxy) is 1. The lowest BCUT2D eigenvalue weighted by Gasteiger charge is -2.33. The summed E-state index contributed by atoms with van der Waals surface area (Å²) >= 11 is 0. The minimum Gasteiger partial charge on any atom is -0.490 e. The number of carbonyl (C=O) groups is 1. The monoisotopic (exact) mass is 273 g/mol. The van der Waals surface area contributed by atoms with E-state index in [1.165, 1.54) is 5.56 Å². The van der Waals surface area contributed by atoms with E-state index in [1.807, 2.05) is 24.0 Å². The van der Waals surface area contributed by atoms with E-state index in [4.69, 9.17) is 4.74 Å².